The second-order valence-electron chi connectivity index (χ2n) is 5.72. The Bertz CT molecular complexity index is 1100. The van der Waals surface area contributed by atoms with Gasteiger partial charge in [-0.05, 0) is 6.07 Å². The fraction of sp³-hybridized carbons (Fsp3) is 0.357. The molecule has 0 saturated heterocycles. The number of hydrogen-bond acceptors (Lipinski definition) is 9. The van der Waals surface area contributed by atoms with E-state index in [4.69, 9.17) is 9.47 Å². The summed E-state index contributed by atoms with van der Waals surface area (Å²) in [5.41, 5.74) is 0. The van der Waals surface area contributed by atoms with Gasteiger partial charge in [0.05, 0.1) is 20.3 Å². The van der Waals surface area contributed by atoms with Crippen molar-refractivity contribution in [2.24, 2.45) is 7.05 Å². The topological polar surface area (TPSA) is 162 Å². The highest BCUT2D eigenvalue weighted by atomic mass is 32.2. The summed E-state index contributed by atoms with van der Waals surface area (Å²) >= 11 is 0. The van der Waals surface area contributed by atoms with Crippen molar-refractivity contribution < 1.29 is 31.1 Å². The molecule has 29 heavy (non-hydrogen) atoms. The number of aryl methyl sites for hydroxylation is 1. The second kappa shape index (κ2) is 8.22. The number of methoxy groups -OCH3 is 2. The fourth-order valence-electron chi connectivity index (χ4n) is 2.15. The van der Waals surface area contributed by atoms with Crippen LogP contribution in [0.4, 0.5) is 10.7 Å². The standard InChI is InChI=1S/C14H20N6O7S2/c1-19(2)29(24,25)12-9(6-7-20(12)3)28(22,23)18-14(21)17-13-15-10(26-4)8-11(16-13)27-5/h6-8H,1-5H3,(H2,15,16,17,18,21). The number of carbonyl (C=O) groups is 1. The Morgan fingerprint density at radius 3 is 2.14 bits per heavy atom. The Labute approximate surface area is 167 Å². The SMILES string of the molecule is COc1cc(OC)nc(NC(=O)NS(=O)(=O)c2ccn(C)c2S(=O)(=O)N(C)C)n1. The lowest BCUT2D eigenvalue weighted by molar-refractivity contribution is 0.256. The molecule has 0 fully saturated rings. The van der Waals surface area contributed by atoms with Gasteiger partial charge >= 0.3 is 6.03 Å². The summed E-state index contributed by atoms with van der Waals surface area (Å²) in [7, 11) is -2.10. The third-order valence-electron chi connectivity index (χ3n) is 3.55. The highest BCUT2D eigenvalue weighted by Crippen LogP contribution is 2.24. The van der Waals surface area contributed by atoms with E-state index in [-0.39, 0.29) is 17.7 Å². The number of rotatable bonds is 7. The number of hydrogen-bond donors (Lipinski definition) is 2. The summed E-state index contributed by atoms with van der Waals surface area (Å²) in [4.78, 5) is 19.3. The van der Waals surface area contributed by atoms with Gasteiger partial charge in [0.2, 0.25) is 17.7 Å². The van der Waals surface area contributed by atoms with Crippen LogP contribution in [-0.2, 0) is 27.1 Å². The molecule has 2 amide bonds. The molecule has 13 nitrogen and oxygen atoms in total. The molecule has 2 aromatic rings. The van der Waals surface area contributed by atoms with E-state index in [0.29, 0.717) is 0 Å². The Kier molecular flexibility index (Phi) is 6.34. The summed E-state index contributed by atoms with van der Waals surface area (Å²) in [5, 5.41) is 1.63. The maximum atomic E-state index is 12.6. The monoisotopic (exact) mass is 448 g/mol. The summed E-state index contributed by atoms with van der Waals surface area (Å²) in [6, 6.07) is 1.21. The summed E-state index contributed by atoms with van der Waals surface area (Å²) < 4.78 is 63.7. The molecule has 0 spiro atoms. The van der Waals surface area contributed by atoms with Gasteiger partial charge in [-0.3, -0.25) is 5.32 Å². The highest BCUT2D eigenvalue weighted by molar-refractivity contribution is 7.92. The Morgan fingerprint density at radius 2 is 1.66 bits per heavy atom. The van der Waals surface area contributed by atoms with E-state index < -0.39 is 36.0 Å². The van der Waals surface area contributed by atoms with Crippen molar-refractivity contribution >= 4 is 32.0 Å². The van der Waals surface area contributed by atoms with E-state index in [1.807, 2.05) is 0 Å². The number of ether oxygens (including phenoxy) is 2. The average molecular weight is 448 g/mol. The molecule has 0 aliphatic heterocycles. The van der Waals surface area contributed by atoms with Crippen LogP contribution < -0.4 is 19.5 Å². The van der Waals surface area contributed by atoms with Crippen molar-refractivity contribution in [2.75, 3.05) is 33.6 Å². The number of carbonyl (C=O) groups excluding carboxylic acids is 1. The molecular formula is C14H20N6O7S2. The van der Waals surface area contributed by atoms with Crippen LogP contribution in [0.25, 0.3) is 0 Å². The van der Waals surface area contributed by atoms with Crippen molar-refractivity contribution in [1.29, 1.82) is 0 Å². The van der Waals surface area contributed by atoms with Crippen LogP contribution in [0.5, 0.6) is 11.8 Å². The predicted octanol–water partition coefficient (Wildman–Crippen LogP) is -0.407. The molecule has 0 unspecified atom stereocenters. The van der Waals surface area contributed by atoms with Gasteiger partial charge in [-0.2, -0.15) is 9.97 Å². The first kappa shape index (κ1) is 22.4. The number of anilines is 1. The maximum Gasteiger partial charge on any atom is 0.335 e. The molecule has 0 aromatic carbocycles. The number of nitrogens with one attached hydrogen (secondary N) is 2. The second-order valence-corrected chi connectivity index (χ2v) is 9.44. The Morgan fingerprint density at radius 1 is 1.10 bits per heavy atom. The van der Waals surface area contributed by atoms with Crippen LogP contribution in [0.15, 0.2) is 28.3 Å². The van der Waals surface area contributed by atoms with Gasteiger partial charge in [-0.25, -0.2) is 30.7 Å². The van der Waals surface area contributed by atoms with E-state index in [1.54, 1.807) is 4.72 Å². The van der Waals surface area contributed by atoms with Crippen molar-refractivity contribution in [1.82, 2.24) is 23.6 Å². The molecule has 0 bridgehead atoms. The van der Waals surface area contributed by atoms with Gasteiger partial charge in [0.1, 0.15) is 4.90 Å². The third kappa shape index (κ3) is 4.75. The highest BCUT2D eigenvalue weighted by Gasteiger charge is 2.32. The number of nitrogens with zero attached hydrogens (tertiary/aromatic N) is 4. The molecule has 2 heterocycles. The molecule has 15 heteroatoms. The first-order valence-electron chi connectivity index (χ1n) is 7.81. The van der Waals surface area contributed by atoms with Gasteiger partial charge in [-0.15, -0.1) is 0 Å². The minimum Gasteiger partial charge on any atom is -0.481 e. The fourth-order valence-corrected chi connectivity index (χ4v) is 4.91. The van der Waals surface area contributed by atoms with Crippen molar-refractivity contribution in [3.8, 4) is 11.8 Å². The molecule has 2 N–H and O–H groups in total. The molecule has 0 atom stereocenters. The molecule has 0 aliphatic carbocycles. The number of amides is 2. The Balaban J connectivity index is 2.33. The molecule has 0 aliphatic rings. The van der Waals surface area contributed by atoms with E-state index in [1.165, 1.54) is 47.6 Å². The van der Waals surface area contributed by atoms with Crippen LogP contribution in [0.2, 0.25) is 0 Å². The lowest BCUT2D eigenvalue weighted by Gasteiger charge is -2.15. The Hall–Kier alpha value is -2.91. The normalized spacial score (nSPS) is 11.9. The van der Waals surface area contributed by atoms with Gasteiger partial charge in [0.15, 0.2) is 5.03 Å². The van der Waals surface area contributed by atoms with Crippen LogP contribution in [0.3, 0.4) is 0 Å². The third-order valence-corrected chi connectivity index (χ3v) is 6.99. The largest absolute Gasteiger partial charge is 0.481 e. The first-order chi connectivity index (χ1) is 13.4. The van der Waals surface area contributed by atoms with E-state index >= 15 is 0 Å². The van der Waals surface area contributed by atoms with Gasteiger partial charge in [0.25, 0.3) is 20.0 Å². The minimum absolute atomic E-state index is 0.0671. The molecular weight excluding hydrogens is 428 g/mol. The van der Waals surface area contributed by atoms with Crippen LogP contribution >= 0.6 is 0 Å². The lowest BCUT2D eigenvalue weighted by Crippen LogP contribution is -2.36. The number of aromatic nitrogens is 3. The summed E-state index contributed by atoms with van der Waals surface area (Å²) in [6.45, 7) is 0. The van der Waals surface area contributed by atoms with Gasteiger partial charge < -0.3 is 14.0 Å². The minimum atomic E-state index is -4.54. The molecule has 2 aromatic heterocycles. The summed E-state index contributed by atoms with van der Waals surface area (Å²) in [6.07, 6.45) is 1.25. The molecule has 160 valence electrons. The smallest absolute Gasteiger partial charge is 0.335 e. The quantitative estimate of drug-likeness (QED) is 0.573. The van der Waals surface area contributed by atoms with E-state index in [2.05, 4.69) is 15.3 Å². The van der Waals surface area contributed by atoms with Crippen LogP contribution in [0, 0.1) is 0 Å². The zero-order valence-corrected chi connectivity index (χ0v) is 17.8. The number of sulfonamides is 2. The van der Waals surface area contributed by atoms with E-state index in [0.717, 1.165) is 14.9 Å². The lowest BCUT2D eigenvalue weighted by atomic mass is 10.6. The van der Waals surface area contributed by atoms with Crippen molar-refractivity contribution in [3.63, 3.8) is 0 Å². The van der Waals surface area contributed by atoms with Crippen LogP contribution in [0.1, 0.15) is 0 Å². The van der Waals surface area contributed by atoms with Crippen molar-refractivity contribution in [3.05, 3.63) is 18.3 Å². The number of urea groups is 1. The van der Waals surface area contributed by atoms with Gasteiger partial charge in [-0.1, -0.05) is 0 Å². The van der Waals surface area contributed by atoms with E-state index in [9.17, 15) is 21.6 Å². The average Bonchev–Trinajstić information content (AvgIpc) is 3.03. The molecule has 0 saturated carbocycles. The first-order valence-corrected chi connectivity index (χ1v) is 10.7. The van der Waals surface area contributed by atoms with Gasteiger partial charge in [0, 0.05) is 27.3 Å². The zero-order valence-electron chi connectivity index (χ0n) is 16.2. The van der Waals surface area contributed by atoms with Crippen molar-refractivity contribution in [2.45, 2.75) is 9.92 Å². The molecule has 2 rings (SSSR count). The zero-order chi connectivity index (χ0) is 22.0. The predicted molar refractivity (Wildman–Crippen MR) is 101 cm³/mol. The summed E-state index contributed by atoms with van der Waals surface area (Å²) in [5.74, 6) is -0.155. The maximum absolute atomic E-state index is 12.6. The van der Waals surface area contributed by atoms with Crippen LogP contribution in [-0.4, -0.2) is 70.0 Å². The molecule has 0 radical (unpaired) electrons.